The van der Waals surface area contributed by atoms with Crippen molar-refractivity contribution in [3.63, 3.8) is 0 Å². The average molecular weight is 245 g/mol. The third-order valence-corrected chi connectivity index (χ3v) is 2.77. The van der Waals surface area contributed by atoms with Crippen LogP contribution in [0.2, 0.25) is 0 Å². The van der Waals surface area contributed by atoms with Gasteiger partial charge in [-0.3, -0.25) is 0 Å². The number of anilines is 1. The van der Waals surface area contributed by atoms with E-state index in [9.17, 15) is 0 Å². The maximum Gasteiger partial charge on any atom is 0.144 e. The molecule has 0 radical (unpaired) electrons. The van der Waals surface area contributed by atoms with E-state index in [1.165, 1.54) is 0 Å². The van der Waals surface area contributed by atoms with Crippen molar-refractivity contribution in [3.8, 4) is 11.4 Å². The number of ether oxygens (including phenoxy) is 1. The highest BCUT2D eigenvalue weighted by Gasteiger charge is 2.07. The van der Waals surface area contributed by atoms with Crippen molar-refractivity contribution >= 4 is 5.69 Å². The van der Waals surface area contributed by atoms with Crippen molar-refractivity contribution in [1.82, 2.24) is 9.55 Å². The second-order valence-electron chi connectivity index (χ2n) is 4.12. The second-order valence-corrected chi connectivity index (χ2v) is 4.12. The molecular formula is C14H19N3O. The molecule has 0 aliphatic heterocycles. The average Bonchev–Trinajstić information content (AvgIpc) is 2.81. The number of nitrogens with zero attached hydrogens (tertiary/aromatic N) is 2. The Labute approximate surface area is 107 Å². The summed E-state index contributed by atoms with van der Waals surface area (Å²) in [5, 5.41) is 0. The molecule has 2 rings (SSSR count). The molecule has 1 heterocycles. The monoisotopic (exact) mass is 245 g/mol. The molecule has 4 nitrogen and oxygen atoms in total. The van der Waals surface area contributed by atoms with E-state index in [4.69, 9.17) is 10.5 Å². The van der Waals surface area contributed by atoms with Gasteiger partial charge in [0.1, 0.15) is 11.6 Å². The Morgan fingerprint density at radius 3 is 2.89 bits per heavy atom. The van der Waals surface area contributed by atoms with Crippen LogP contribution in [0, 0.1) is 0 Å². The molecule has 0 aliphatic carbocycles. The summed E-state index contributed by atoms with van der Waals surface area (Å²) in [5.74, 6) is 1.79. The molecule has 4 heteroatoms. The van der Waals surface area contributed by atoms with E-state index in [1.807, 2.05) is 37.5 Å². The molecule has 18 heavy (non-hydrogen) atoms. The molecule has 2 aromatic rings. The molecule has 0 aliphatic rings. The minimum absolute atomic E-state index is 0.611. The third kappa shape index (κ3) is 2.47. The Morgan fingerprint density at radius 2 is 2.17 bits per heavy atom. The summed E-state index contributed by atoms with van der Waals surface area (Å²) in [5.41, 5.74) is 7.58. The lowest BCUT2D eigenvalue weighted by atomic mass is 10.2. The van der Waals surface area contributed by atoms with Crippen LogP contribution < -0.4 is 10.5 Å². The van der Waals surface area contributed by atoms with Gasteiger partial charge in [0, 0.05) is 24.9 Å². The van der Waals surface area contributed by atoms with Gasteiger partial charge in [-0.25, -0.2) is 4.98 Å². The molecule has 2 N–H and O–H groups in total. The number of imidazole rings is 1. The van der Waals surface area contributed by atoms with Crippen molar-refractivity contribution < 1.29 is 4.74 Å². The smallest absolute Gasteiger partial charge is 0.144 e. The van der Waals surface area contributed by atoms with Crippen molar-refractivity contribution in [1.29, 1.82) is 0 Å². The van der Waals surface area contributed by atoms with Gasteiger partial charge in [-0.05, 0) is 25.5 Å². The lowest BCUT2D eigenvalue weighted by Crippen LogP contribution is -2.02. The molecule has 0 fully saturated rings. The summed E-state index contributed by atoms with van der Waals surface area (Å²) in [6, 6.07) is 5.81. The zero-order chi connectivity index (χ0) is 13.0. The zero-order valence-corrected chi connectivity index (χ0v) is 10.9. The number of nitrogens with two attached hydrogens (primary N) is 1. The van der Waals surface area contributed by atoms with E-state index in [-0.39, 0.29) is 0 Å². The highest BCUT2D eigenvalue weighted by molar-refractivity contribution is 5.57. The predicted molar refractivity (Wildman–Crippen MR) is 73.1 cm³/mol. The van der Waals surface area contributed by atoms with Gasteiger partial charge in [-0.1, -0.05) is 6.92 Å². The zero-order valence-electron chi connectivity index (χ0n) is 10.9. The number of aryl methyl sites for hydroxylation is 1. The van der Waals surface area contributed by atoms with E-state index >= 15 is 0 Å². The summed E-state index contributed by atoms with van der Waals surface area (Å²) in [6.45, 7) is 4.71. The number of benzene rings is 1. The molecule has 0 saturated heterocycles. The quantitative estimate of drug-likeness (QED) is 0.824. The number of aromatic nitrogens is 2. The fourth-order valence-corrected chi connectivity index (χ4v) is 1.93. The first-order valence-corrected chi connectivity index (χ1v) is 6.31. The van der Waals surface area contributed by atoms with Crippen LogP contribution in [0.5, 0.6) is 5.75 Å². The number of hydrogen-bond acceptors (Lipinski definition) is 3. The molecular weight excluding hydrogens is 226 g/mol. The minimum atomic E-state index is 0.611. The third-order valence-electron chi connectivity index (χ3n) is 2.77. The Balaban J connectivity index is 2.38. The van der Waals surface area contributed by atoms with Gasteiger partial charge in [-0.2, -0.15) is 0 Å². The van der Waals surface area contributed by atoms with E-state index in [2.05, 4.69) is 16.5 Å². The van der Waals surface area contributed by atoms with E-state index in [0.29, 0.717) is 12.3 Å². The number of nitrogen functional groups attached to an aromatic ring is 1. The molecule has 0 bridgehead atoms. The van der Waals surface area contributed by atoms with Crippen LogP contribution in [0.1, 0.15) is 26.1 Å². The largest absolute Gasteiger partial charge is 0.492 e. The van der Waals surface area contributed by atoms with Crippen LogP contribution in [0.3, 0.4) is 0 Å². The van der Waals surface area contributed by atoms with E-state index in [0.717, 1.165) is 30.1 Å². The molecule has 0 spiro atoms. The summed E-state index contributed by atoms with van der Waals surface area (Å²) in [4.78, 5) is 4.37. The first-order chi connectivity index (χ1) is 8.76. The van der Waals surface area contributed by atoms with Crippen LogP contribution in [0.4, 0.5) is 5.69 Å². The van der Waals surface area contributed by atoms with Crippen LogP contribution in [0.25, 0.3) is 5.69 Å². The number of hydrogen-bond donors (Lipinski definition) is 1. The van der Waals surface area contributed by atoms with Gasteiger partial charge >= 0.3 is 0 Å². The van der Waals surface area contributed by atoms with E-state index < -0.39 is 0 Å². The summed E-state index contributed by atoms with van der Waals surface area (Å²) >= 11 is 0. The first kappa shape index (κ1) is 12.5. The molecule has 1 aromatic heterocycles. The molecule has 1 aromatic carbocycles. The van der Waals surface area contributed by atoms with Crippen LogP contribution in [-0.4, -0.2) is 16.2 Å². The van der Waals surface area contributed by atoms with Crippen molar-refractivity contribution in [2.75, 3.05) is 12.3 Å². The Bertz CT molecular complexity index is 520. The lowest BCUT2D eigenvalue weighted by molar-refractivity contribution is 0.342. The molecule has 96 valence electrons. The molecule has 0 unspecified atom stereocenters. The van der Waals surface area contributed by atoms with Crippen molar-refractivity contribution in [2.24, 2.45) is 0 Å². The van der Waals surface area contributed by atoms with Gasteiger partial charge in [0.25, 0.3) is 0 Å². The van der Waals surface area contributed by atoms with Gasteiger partial charge in [0.15, 0.2) is 0 Å². The standard InChI is InChI=1S/C14H19N3O/c1-3-5-14-16-8-9-17(14)11-6-7-12(15)13(10-11)18-4-2/h6-10H,3-5,15H2,1-2H3. The number of rotatable bonds is 5. The first-order valence-electron chi connectivity index (χ1n) is 6.31. The molecule has 0 atom stereocenters. The Morgan fingerprint density at radius 1 is 1.33 bits per heavy atom. The van der Waals surface area contributed by atoms with Gasteiger partial charge in [0.05, 0.1) is 18.0 Å². The predicted octanol–water partition coefficient (Wildman–Crippen LogP) is 2.81. The van der Waals surface area contributed by atoms with Gasteiger partial charge in [-0.15, -0.1) is 0 Å². The van der Waals surface area contributed by atoms with Gasteiger partial charge in [0.2, 0.25) is 0 Å². The Hall–Kier alpha value is -1.97. The molecule has 0 saturated carbocycles. The SMILES string of the molecule is CCCc1nccn1-c1ccc(N)c(OCC)c1. The van der Waals surface area contributed by atoms with E-state index in [1.54, 1.807) is 0 Å². The lowest BCUT2D eigenvalue weighted by Gasteiger charge is -2.11. The second kappa shape index (κ2) is 5.58. The van der Waals surface area contributed by atoms with Crippen LogP contribution in [0.15, 0.2) is 30.6 Å². The highest BCUT2D eigenvalue weighted by atomic mass is 16.5. The van der Waals surface area contributed by atoms with Crippen LogP contribution >= 0.6 is 0 Å². The maximum atomic E-state index is 5.88. The van der Waals surface area contributed by atoms with Crippen molar-refractivity contribution in [3.05, 3.63) is 36.4 Å². The minimum Gasteiger partial charge on any atom is -0.492 e. The Kier molecular flexibility index (Phi) is 3.87. The topological polar surface area (TPSA) is 53.1 Å². The molecule has 0 amide bonds. The fourth-order valence-electron chi connectivity index (χ4n) is 1.93. The fraction of sp³-hybridized carbons (Fsp3) is 0.357. The summed E-state index contributed by atoms with van der Waals surface area (Å²) in [7, 11) is 0. The normalized spacial score (nSPS) is 10.6. The highest BCUT2D eigenvalue weighted by Crippen LogP contribution is 2.25. The maximum absolute atomic E-state index is 5.88. The summed E-state index contributed by atoms with van der Waals surface area (Å²) in [6.07, 6.45) is 5.82. The van der Waals surface area contributed by atoms with Crippen LogP contribution in [-0.2, 0) is 6.42 Å². The summed E-state index contributed by atoms with van der Waals surface area (Å²) < 4.78 is 7.59. The van der Waals surface area contributed by atoms with Crippen molar-refractivity contribution in [2.45, 2.75) is 26.7 Å². The van der Waals surface area contributed by atoms with Gasteiger partial charge < -0.3 is 15.0 Å².